The second-order valence-electron chi connectivity index (χ2n) is 10.8. The second-order valence-corrected chi connectivity index (χ2v) is 10.8. The fourth-order valence-corrected chi connectivity index (χ4v) is 5.04. The van der Waals surface area contributed by atoms with Crippen molar-refractivity contribution >= 4 is 11.8 Å². The summed E-state index contributed by atoms with van der Waals surface area (Å²) in [7, 11) is 0. The highest BCUT2D eigenvalue weighted by Crippen LogP contribution is 2.27. The number of allylic oxidation sites excluding steroid dienone is 3. The van der Waals surface area contributed by atoms with E-state index in [0.29, 0.717) is 24.6 Å². The van der Waals surface area contributed by atoms with Crippen LogP contribution in [0.25, 0.3) is 0 Å². The van der Waals surface area contributed by atoms with Gasteiger partial charge in [-0.1, -0.05) is 48.6 Å². The van der Waals surface area contributed by atoms with Crippen molar-refractivity contribution in [2.75, 3.05) is 37.7 Å². The third kappa shape index (κ3) is 8.21. The molecule has 0 N–H and O–H groups in total. The van der Waals surface area contributed by atoms with Crippen molar-refractivity contribution in [1.82, 2.24) is 9.88 Å². The number of anilines is 1. The van der Waals surface area contributed by atoms with Crippen LogP contribution in [-0.2, 0) is 17.9 Å². The number of aromatic nitrogens is 1. The molecule has 2 aromatic carbocycles. The van der Waals surface area contributed by atoms with Crippen LogP contribution in [0, 0.1) is 0 Å². The molecule has 7 heteroatoms. The van der Waals surface area contributed by atoms with Crippen molar-refractivity contribution in [3.05, 3.63) is 107 Å². The molecule has 0 amide bonds. The Labute approximate surface area is 243 Å². The first kappa shape index (κ1) is 28.4. The Kier molecular flexibility index (Phi) is 9.70. The zero-order chi connectivity index (χ0) is 28.4. The Morgan fingerprint density at radius 3 is 2.37 bits per heavy atom. The molecule has 41 heavy (non-hydrogen) atoms. The van der Waals surface area contributed by atoms with Gasteiger partial charge in [0.15, 0.2) is 0 Å². The monoisotopic (exact) mass is 553 g/mol. The van der Waals surface area contributed by atoms with Crippen LogP contribution in [-0.4, -0.2) is 54.7 Å². The molecule has 1 saturated heterocycles. The summed E-state index contributed by atoms with van der Waals surface area (Å²) in [4.78, 5) is 21.8. The van der Waals surface area contributed by atoms with Crippen LogP contribution in [0.3, 0.4) is 0 Å². The van der Waals surface area contributed by atoms with E-state index >= 15 is 0 Å². The first-order chi connectivity index (χ1) is 20.0. The minimum atomic E-state index is -0.328. The topological polar surface area (TPSA) is 64.1 Å². The van der Waals surface area contributed by atoms with Crippen LogP contribution in [0.5, 0.6) is 11.5 Å². The quantitative estimate of drug-likeness (QED) is 0.262. The van der Waals surface area contributed by atoms with Crippen LogP contribution < -0.4 is 14.4 Å². The van der Waals surface area contributed by atoms with Crippen LogP contribution in [0.2, 0.25) is 0 Å². The fraction of sp³-hybridized carbons (Fsp3) is 0.353. The molecule has 0 saturated carbocycles. The van der Waals surface area contributed by atoms with E-state index in [1.165, 1.54) is 5.57 Å². The van der Waals surface area contributed by atoms with Gasteiger partial charge in [-0.05, 0) is 67.7 Å². The normalized spacial score (nSPS) is 15.5. The van der Waals surface area contributed by atoms with E-state index in [9.17, 15) is 4.79 Å². The van der Waals surface area contributed by atoms with Crippen molar-refractivity contribution in [2.45, 2.75) is 45.9 Å². The van der Waals surface area contributed by atoms with Gasteiger partial charge in [0.25, 0.3) is 0 Å². The largest absolute Gasteiger partial charge is 0.489 e. The molecule has 0 radical (unpaired) electrons. The number of pyridine rings is 1. The van der Waals surface area contributed by atoms with Crippen LogP contribution in [0.1, 0.15) is 48.2 Å². The van der Waals surface area contributed by atoms with Gasteiger partial charge in [-0.2, -0.15) is 0 Å². The molecule has 1 aliphatic heterocycles. The van der Waals surface area contributed by atoms with Gasteiger partial charge in [0.05, 0.1) is 6.10 Å². The molecule has 2 heterocycles. The number of rotatable bonds is 11. The molecule has 1 aliphatic carbocycles. The average Bonchev–Trinajstić information content (AvgIpc) is 3.00. The lowest BCUT2D eigenvalue weighted by Gasteiger charge is -2.36. The summed E-state index contributed by atoms with van der Waals surface area (Å²) in [6.45, 7) is 8.82. The summed E-state index contributed by atoms with van der Waals surface area (Å²) in [6.07, 6.45) is 10.1. The lowest BCUT2D eigenvalue weighted by molar-refractivity contribution is 0.0378. The molecule has 0 bridgehead atoms. The first-order valence-electron chi connectivity index (χ1n) is 14.4. The van der Waals surface area contributed by atoms with E-state index < -0.39 is 0 Å². The lowest BCUT2D eigenvalue weighted by Crippen LogP contribution is -2.46. The molecule has 0 spiro atoms. The van der Waals surface area contributed by atoms with E-state index in [-0.39, 0.29) is 12.1 Å². The Morgan fingerprint density at radius 2 is 1.66 bits per heavy atom. The van der Waals surface area contributed by atoms with Crippen LogP contribution >= 0.6 is 0 Å². The molecule has 1 fully saturated rings. The molecule has 7 nitrogen and oxygen atoms in total. The fourth-order valence-electron chi connectivity index (χ4n) is 5.04. The number of ether oxygens (including phenoxy) is 3. The summed E-state index contributed by atoms with van der Waals surface area (Å²) >= 11 is 0. The van der Waals surface area contributed by atoms with E-state index in [0.717, 1.165) is 68.2 Å². The highest BCUT2D eigenvalue weighted by atomic mass is 16.5. The molecule has 3 aromatic rings. The van der Waals surface area contributed by atoms with E-state index in [1.807, 2.05) is 38.1 Å². The molecule has 5 rings (SSSR count). The summed E-state index contributed by atoms with van der Waals surface area (Å²) in [5, 5.41) is 0. The second kappa shape index (κ2) is 14.0. The van der Waals surface area contributed by atoms with Gasteiger partial charge in [0.2, 0.25) is 0 Å². The SMILES string of the molecule is CC(C)OC(=O)c1cccnc1N1CCN(Cc2cc(OCC3=CC=CCC3)cc(OCc3ccccc3)c2)CC1. The van der Waals surface area contributed by atoms with Gasteiger partial charge in [0.1, 0.15) is 36.1 Å². The van der Waals surface area contributed by atoms with Crippen molar-refractivity contribution < 1.29 is 19.0 Å². The molecule has 0 atom stereocenters. The highest BCUT2D eigenvalue weighted by molar-refractivity contribution is 5.94. The van der Waals surface area contributed by atoms with Crippen LogP contribution in [0.4, 0.5) is 5.82 Å². The Bertz CT molecular complexity index is 1360. The zero-order valence-electron chi connectivity index (χ0n) is 24.0. The number of hydrogen-bond donors (Lipinski definition) is 0. The van der Waals surface area contributed by atoms with Crippen molar-refractivity contribution in [3.63, 3.8) is 0 Å². The van der Waals surface area contributed by atoms with E-state index in [1.54, 1.807) is 18.3 Å². The zero-order valence-corrected chi connectivity index (χ0v) is 24.0. The number of carbonyl (C=O) groups excluding carboxylic acids is 1. The predicted molar refractivity (Wildman–Crippen MR) is 161 cm³/mol. The Hall–Kier alpha value is -4.10. The molecule has 0 unspecified atom stereocenters. The van der Waals surface area contributed by atoms with Gasteiger partial charge >= 0.3 is 5.97 Å². The lowest BCUT2D eigenvalue weighted by atomic mass is 10.1. The highest BCUT2D eigenvalue weighted by Gasteiger charge is 2.24. The number of nitrogens with zero attached hydrogens (tertiary/aromatic N) is 3. The van der Waals surface area contributed by atoms with Crippen molar-refractivity contribution in [3.8, 4) is 11.5 Å². The van der Waals surface area contributed by atoms with Gasteiger partial charge in [0, 0.05) is 45.0 Å². The maximum absolute atomic E-state index is 12.7. The average molecular weight is 554 g/mol. The number of esters is 1. The molecule has 214 valence electrons. The Balaban J connectivity index is 1.25. The molecular weight excluding hydrogens is 514 g/mol. The summed E-state index contributed by atoms with van der Waals surface area (Å²) < 4.78 is 17.9. The van der Waals surface area contributed by atoms with Gasteiger partial charge in [-0.15, -0.1) is 0 Å². The predicted octanol–water partition coefficient (Wildman–Crippen LogP) is 6.20. The van der Waals surface area contributed by atoms with Crippen molar-refractivity contribution in [1.29, 1.82) is 0 Å². The first-order valence-corrected chi connectivity index (χ1v) is 14.4. The number of carbonyl (C=O) groups is 1. The molecule has 2 aliphatic rings. The molecular formula is C34H39N3O4. The minimum absolute atomic E-state index is 0.176. The maximum Gasteiger partial charge on any atom is 0.342 e. The Morgan fingerprint density at radius 1 is 0.902 bits per heavy atom. The van der Waals surface area contributed by atoms with Gasteiger partial charge in [-0.25, -0.2) is 9.78 Å². The van der Waals surface area contributed by atoms with Gasteiger partial charge in [-0.3, -0.25) is 4.90 Å². The third-order valence-corrected chi connectivity index (χ3v) is 7.14. The maximum atomic E-state index is 12.7. The standard InChI is InChI=1S/C34H39N3O4/c1-26(2)41-34(38)32-14-9-15-35-33(32)37-18-16-36(17-19-37)23-29-20-30(39-24-27-10-5-3-6-11-27)22-31(21-29)40-25-28-12-7-4-8-13-28/h3-7,9-12,14-15,20-22,26H,8,13,16-19,23-25H2,1-2H3. The van der Waals surface area contributed by atoms with E-state index in [2.05, 4.69) is 57.3 Å². The number of hydrogen-bond acceptors (Lipinski definition) is 7. The molecule has 1 aromatic heterocycles. The summed E-state index contributed by atoms with van der Waals surface area (Å²) in [6, 6.07) is 20.0. The van der Waals surface area contributed by atoms with Gasteiger partial charge < -0.3 is 19.1 Å². The number of benzene rings is 2. The third-order valence-electron chi connectivity index (χ3n) is 7.14. The summed E-state index contributed by atoms with van der Waals surface area (Å²) in [5.74, 6) is 1.99. The van der Waals surface area contributed by atoms with Crippen LogP contribution in [0.15, 0.2) is 90.7 Å². The van der Waals surface area contributed by atoms with E-state index in [4.69, 9.17) is 14.2 Å². The minimum Gasteiger partial charge on any atom is -0.489 e. The van der Waals surface area contributed by atoms with Crippen molar-refractivity contribution in [2.24, 2.45) is 0 Å². The summed E-state index contributed by atoms with van der Waals surface area (Å²) in [5.41, 5.74) is 4.09. The smallest absolute Gasteiger partial charge is 0.342 e. The number of piperazine rings is 1.